The SMILES string of the molecule is Cc1cccc(CN2CCOc3cc4c(cc32)CCN(C(=O)OC(C)(C)C)CC4)c1. The van der Waals surface area contributed by atoms with Crippen molar-refractivity contribution in [3.8, 4) is 5.75 Å². The van der Waals surface area contributed by atoms with Gasteiger partial charge in [0.05, 0.1) is 12.2 Å². The quantitative estimate of drug-likeness (QED) is 0.720. The highest BCUT2D eigenvalue weighted by Gasteiger charge is 2.26. The predicted molar refractivity (Wildman–Crippen MR) is 119 cm³/mol. The number of benzene rings is 2. The zero-order valence-electron chi connectivity index (χ0n) is 18.5. The summed E-state index contributed by atoms with van der Waals surface area (Å²) in [7, 11) is 0. The van der Waals surface area contributed by atoms with Crippen LogP contribution in [0.2, 0.25) is 0 Å². The maximum absolute atomic E-state index is 12.5. The van der Waals surface area contributed by atoms with Crippen molar-refractivity contribution >= 4 is 11.8 Å². The van der Waals surface area contributed by atoms with E-state index in [0.717, 1.165) is 37.4 Å². The van der Waals surface area contributed by atoms with Crippen LogP contribution >= 0.6 is 0 Å². The van der Waals surface area contributed by atoms with Gasteiger partial charge in [0, 0.05) is 19.6 Å². The molecule has 0 unspecified atom stereocenters. The van der Waals surface area contributed by atoms with Crippen molar-refractivity contribution in [1.82, 2.24) is 4.90 Å². The Labute approximate surface area is 179 Å². The van der Waals surface area contributed by atoms with Crippen LogP contribution in [0.25, 0.3) is 0 Å². The van der Waals surface area contributed by atoms with Gasteiger partial charge >= 0.3 is 6.09 Å². The summed E-state index contributed by atoms with van der Waals surface area (Å²) in [5.74, 6) is 0.957. The second-order valence-electron chi connectivity index (χ2n) is 9.32. The van der Waals surface area contributed by atoms with Crippen molar-refractivity contribution in [1.29, 1.82) is 0 Å². The van der Waals surface area contributed by atoms with E-state index in [2.05, 4.69) is 48.2 Å². The molecule has 0 fully saturated rings. The second-order valence-corrected chi connectivity index (χ2v) is 9.32. The van der Waals surface area contributed by atoms with Crippen LogP contribution in [0, 0.1) is 6.92 Å². The number of carbonyl (C=O) groups is 1. The van der Waals surface area contributed by atoms with E-state index in [1.165, 1.54) is 22.3 Å². The van der Waals surface area contributed by atoms with Gasteiger partial charge in [0.2, 0.25) is 0 Å². The molecule has 0 bridgehead atoms. The lowest BCUT2D eigenvalue weighted by atomic mass is 10.00. The van der Waals surface area contributed by atoms with Gasteiger partial charge in [-0.2, -0.15) is 0 Å². The van der Waals surface area contributed by atoms with E-state index in [0.29, 0.717) is 19.7 Å². The normalized spacial score (nSPS) is 16.3. The summed E-state index contributed by atoms with van der Waals surface area (Å²) in [6.07, 6.45) is 1.43. The first-order valence-corrected chi connectivity index (χ1v) is 10.9. The third-order valence-electron chi connectivity index (χ3n) is 5.65. The Bertz CT molecular complexity index is 932. The molecule has 1 amide bonds. The standard InChI is InChI=1S/C25H32N2O3/c1-18-6-5-7-19(14-18)17-27-12-13-29-23-16-21-9-11-26(24(28)30-25(2,3)4)10-8-20(21)15-22(23)27/h5-7,14-16H,8-13,17H2,1-4H3. The third kappa shape index (κ3) is 4.72. The van der Waals surface area contributed by atoms with Crippen molar-refractivity contribution in [2.45, 2.75) is 52.7 Å². The molecule has 2 aromatic rings. The average molecular weight is 409 g/mol. The number of fused-ring (bicyclic) bond motifs is 2. The Balaban J connectivity index is 1.53. The van der Waals surface area contributed by atoms with Gasteiger partial charge in [-0.1, -0.05) is 29.8 Å². The molecule has 0 atom stereocenters. The Morgan fingerprint density at radius 1 is 1.07 bits per heavy atom. The highest BCUT2D eigenvalue weighted by atomic mass is 16.6. The first kappa shape index (κ1) is 20.6. The molecule has 0 aliphatic carbocycles. The Morgan fingerprint density at radius 3 is 2.50 bits per heavy atom. The number of aryl methyl sites for hydroxylation is 1. The van der Waals surface area contributed by atoms with Gasteiger partial charge < -0.3 is 19.3 Å². The molecular formula is C25H32N2O3. The fraction of sp³-hybridized carbons (Fsp3) is 0.480. The van der Waals surface area contributed by atoms with Crippen LogP contribution in [0.5, 0.6) is 5.75 Å². The number of hydrogen-bond acceptors (Lipinski definition) is 4. The number of carbonyl (C=O) groups excluding carboxylic acids is 1. The van der Waals surface area contributed by atoms with Crippen LogP contribution in [-0.4, -0.2) is 42.8 Å². The number of hydrogen-bond donors (Lipinski definition) is 0. The van der Waals surface area contributed by atoms with Gasteiger partial charge in [0.25, 0.3) is 0 Å². The lowest BCUT2D eigenvalue weighted by molar-refractivity contribution is 0.0258. The maximum Gasteiger partial charge on any atom is 0.410 e. The molecule has 160 valence electrons. The van der Waals surface area contributed by atoms with Crippen molar-refractivity contribution in [2.75, 3.05) is 31.1 Å². The molecule has 2 aliphatic heterocycles. The minimum atomic E-state index is -0.473. The lowest BCUT2D eigenvalue weighted by Gasteiger charge is -2.32. The molecule has 5 nitrogen and oxygen atoms in total. The van der Waals surface area contributed by atoms with Gasteiger partial charge in [-0.05, 0) is 69.4 Å². The van der Waals surface area contributed by atoms with Crippen LogP contribution in [-0.2, 0) is 24.1 Å². The Hall–Kier alpha value is -2.69. The summed E-state index contributed by atoms with van der Waals surface area (Å²) in [4.78, 5) is 16.8. The molecule has 2 aromatic carbocycles. The largest absolute Gasteiger partial charge is 0.490 e. The fourth-order valence-electron chi connectivity index (χ4n) is 4.19. The van der Waals surface area contributed by atoms with E-state index < -0.39 is 5.60 Å². The maximum atomic E-state index is 12.5. The smallest absolute Gasteiger partial charge is 0.410 e. The molecule has 0 saturated heterocycles. The van der Waals surface area contributed by atoms with Gasteiger partial charge in [-0.25, -0.2) is 4.79 Å². The summed E-state index contributed by atoms with van der Waals surface area (Å²) in [5.41, 5.74) is 5.86. The number of nitrogens with zero attached hydrogens (tertiary/aromatic N) is 2. The van der Waals surface area contributed by atoms with Crippen LogP contribution in [0.1, 0.15) is 43.0 Å². The summed E-state index contributed by atoms with van der Waals surface area (Å²) in [6.45, 7) is 11.7. The first-order chi connectivity index (χ1) is 14.3. The van der Waals surface area contributed by atoms with E-state index in [9.17, 15) is 4.79 Å². The first-order valence-electron chi connectivity index (χ1n) is 10.9. The fourth-order valence-corrected chi connectivity index (χ4v) is 4.19. The summed E-state index contributed by atoms with van der Waals surface area (Å²) in [5, 5.41) is 0. The van der Waals surface area contributed by atoms with E-state index in [1.54, 1.807) is 0 Å². The molecule has 30 heavy (non-hydrogen) atoms. The van der Waals surface area contributed by atoms with Crippen LogP contribution < -0.4 is 9.64 Å². The van der Waals surface area contributed by atoms with Gasteiger partial charge in [-0.3, -0.25) is 0 Å². The van der Waals surface area contributed by atoms with Crippen molar-refractivity contribution in [3.05, 3.63) is 58.7 Å². The van der Waals surface area contributed by atoms with Crippen LogP contribution in [0.4, 0.5) is 10.5 Å². The zero-order chi connectivity index (χ0) is 21.3. The molecule has 0 radical (unpaired) electrons. The van der Waals surface area contributed by atoms with Crippen LogP contribution in [0.3, 0.4) is 0 Å². The third-order valence-corrected chi connectivity index (χ3v) is 5.65. The number of ether oxygens (including phenoxy) is 2. The second kappa shape index (κ2) is 8.21. The summed E-state index contributed by atoms with van der Waals surface area (Å²) >= 11 is 0. The highest BCUT2D eigenvalue weighted by Crippen LogP contribution is 2.36. The van der Waals surface area contributed by atoms with E-state index in [4.69, 9.17) is 9.47 Å². The van der Waals surface area contributed by atoms with Gasteiger partial charge in [0.1, 0.15) is 18.0 Å². The molecule has 2 aliphatic rings. The highest BCUT2D eigenvalue weighted by molar-refractivity contribution is 5.69. The van der Waals surface area contributed by atoms with Crippen molar-refractivity contribution in [2.24, 2.45) is 0 Å². The molecule has 2 heterocycles. The molecule has 0 N–H and O–H groups in total. The molecule has 0 saturated carbocycles. The zero-order valence-corrected chi connectivity index (χ0v) is 18.5. The van der Waals surface area contributed by atoms with Gasteiger partial charge in [-0.15, -0.1) is 0 Å². The molecular weight excluding hydrogens is 376 g/mol. The van der Waals surface area contributed by atoms with E-state index >= 15 is 0 Å². The van der Waals surface area contributed by atoms with E-state index in [1.807, 2.05) is 25.7 Å². The molecule has 0 spiro atoms. The Kier molecular flexibility index (Phi) is 5.63. The Morgan fingerprint density at radius 2 is 1.80 bits per heavy atom. The van der Waals surface area contributed by atoms with Crippen LogP contribution in [0.15, 0.2) is 36.4 Å². The minimum Gasteiger partial charge on any atom is -0.490 e. The monoisotopic (exact) mass is 408 g/mol. The average Bonchev–Trinajstić information content (AvgIpc) is 2.88. The van der Waals surface area contributed by atoms with E-state index in [-0.39, 0.29) is 6.09 Å². The number of rotatable bonds is 2. The number of anilines is 1. The molecule has 4 rings (SSSR count). The van der Waals surface area contributed by atoms with Crippen molar-refractivity contribution in [3.63, 3.8) is 0 Å². The predicted octanol–water partition coefficient (Wildman–Crippen LogP) is 4.73. The molecule has 0 aromatic heterocycles. The van der Waals surface area contributed by atoms with Gasteiger partial charge in [0.15, 0.2) is 0 Å². The summed E-state index contributed by atoms with van der Waals surface area (Å²) < 4.78 is 11.6. The topological polar surface area (TPSA) is 42.0 Å². The van der Waals surface area contributed by atoms with Crippen molar-refractivity contribution < 1.29 is 14.3 Å². The molecule has 5 heteroatoms. The minimum absolute atomic E-state index is 0.225. The summed E-state index contributed by atoms with van der Waals surface area (Å²) in [6, 6.07) is 13.1. The number of amides is 1. The lowest BCUT2D eigenvalue weighted by Crippen LogP contribution is -2.38.